The van der Waals surface area contributed by atoms with E-state index in [0.29, 0.717) is 6.61 Å². The highest BCUT2D eigenvalue weighted by atomic mass is 32.1. The fourth-order valence-electron chi connectivity index (χ4n) is 4.56. The van der Waals surface area contributed by atoms with Crippen molar-refractivity contribution in [1.29, 1.82) is 0 Å². The van der Waals surface area contributed by atoms with Crippen LogP contribution < -0.4 is 10.1 Å². The van der Waals surface area contributed by atoms with Gasteiger partial charge in [0.2, 0.25) is 0 Å². The van der Waals surface area contributed by atoms with Crippen LogP contribution in [-0.2, 0) is 16.1 Å². The predicted molar refractivity (Wildman–Crippen MR) is 141 cm³/mol. The van der Waals surface area contributed by atoms with Gasteiger partial charge in [-0.05, 0) is 65.5 Å². The first-order valence-electron chi connectivity index (χ1n) is 12.5. The third-order valence-electron chi connectivity index (χ3n) is 6.06. The van der Waals surface area contributed by atoms with E-state index in [9.17, 15) is 5.11 Å². The molecule has 1 aliphatic carbocycles. The molecule has 4 rings (SSSR count). The smallest absolute Gasteiger partial charge is 0.147 e. The van der Waals surface area contributed by atoms with E-state index >= 15 is 0 Å². The summed E-state index contributed by atoms with van der Waals surface area (Å²) in [5.41, 5.74) is 4.19. The number of nitrogens with zero attached hydrogens (tertiary/aromatic N) is 1. The maximum atomic E-state index is 11.5. The summed E-state index contributed by atoms with van der Waals surface area (Å²) >= 11 is 1.51. The number of aromatic nitrogens is 1. The van der Waals surface area contributed by atoms with E-state index in [2.05, 4.69) is 22.4 Å². The number of nitrogens with one attached hydrogen (secondary N) is 1. The summed E-state index contributed by atoms with van der Waals surface area (Å²) in [5, 5.41) is 15.1. The molecule has 1 unspecified atom stereocenters. The quantitative estimate of drug-likeness (QED) is 0.335. The lowest BCUT2D eigenvalue weighted by atomic mass is 10.1. The normalized spacial score (nSPS) is 20.4. The summed E-state index contributed by atoms with van der Waals surface area (Å²) in [4.78, 5) is 4.54. The van der Waals surface area contributed by atoms with Crippen molar-refractivity contribution in [2.24, 2.45) is 0 Å². The van der Waals surface area contributed by atoms with Crippen LogP contribution >= 0.6 is 11.3 Å². The SMILES string of the molecule is CC(C)OC(N[C@H]1CCC[C@@H]1OCc1ccccc1)[C@H](O)c1ccc(OC(C)(C)C)c2ncsc12. The van der Waals surface area contributed by atoms with Gasteiger partial charge >= 0.3 is 0 Å². The van der Waals surface area contributed by atoms with E-state index in [1.807, 2.05) is 65.0 Å². The Hall–Kier alpha value is -2.03. The summed E-state index contributed by atoms with van der Waals surface area (Å²) in [7, 11) is 0. The molecule has 35 heavy (non-hydrogen) atoms. The van der Waals surface area contributed by atoms with Crippen LogP contribution in [0.1, 0.15) is 71.1 Å². The zero-order valence-corrected chi connectivity index (χ0v) is 22.2. The minimum absolute atomic E-state index is 0.0484. The monoisotopic (exact) mass is 498 g/mol. The average molecular weight is 499 g/mol. The van der Waals surface area contributed by atoms with Crippen molar-refractivity contribution in [2.75, 3.05) is 0 Å². The number of ether oxygens (including phenoxy) is 3. The Morgan fingerprint density at radius 3 is 2.60 bits per heavy atom. The van der Waals surface area contributed by atoms with Crippen LogP contribution in [0.15, 0.2) is 48.0 Å². The van der Waals surface area contributed by atoms with E-state index in [1.54, 1.807) is 5.51 Å². The maximum absolute atomic E-state index is 11.5. The van der Waals surface area contributed by atoms with Gasteiger partial charge in [0.05, 0.1) is 29.0 Å². The number of benzene rings is 2. The first kappa shape index (κ1) is 26.0. The topological polar surface area (TPSA) is 72.8 Å². The van der Waals surface area contributed by atoms with E-state index in [0.717, 1.165) is 40.8 Å². The van der Waals surface area contributed by atoms with E-state index in [-0.39, 0.29) is 23.9 Å². The highest BCUT2D eigenvalue weighted by molar-refractivity contribution is 7.17. The molecule has 4 atom stereocenters. The Balaban J connectivity index is 1.52. The Bertz CT molecular complexity index is 1080. The van der Waals surface area contributed by atoms with Crippen LogP contribution in [0.4, 0.5) is 0 Å². The van der Waals surface area contributed by atoms with Crippen LogP contribution in [-0.4, -0.2) is 40.2 Å². The van der Waals surface area contributed by atoms with Crippen LogP contribution in [0.5, 0.6) is 5.75 Å². The summed E-state index contributed by atoms with van der Waals surface area (Å²) in [6, 6.07) is 14.2. The second-order valence-electron chi connectivity index (χ2n) is 10.5. The molecule has 0 aliphatic heterocycles. The van der Waals surface area contributed by atoms with Crippen LogP contribution in [0.2, 0.25) is 0 Å². The molecule has 0 amide bonds. The number of aliphatic hydroxyl groups is 1. The molecular formula is C28H38N2O4S. The molecule has 1 saturated carbocycles. The number of fused-ring (bicyclic) bond motifs is 1. The van der Waals surface area contributed by atoms with Gasteiger partial charge in [0.15, 0.2) is 0 Å². The lowest BCUT2D eigenvalue weighted by Crippen LogP contribution is -2.48. The molecule has 7 heteroatoms. The summed E-state index contributed by atoms with van der Waals surface area (Å²) in [6.45, 7) is 10.6. The number of hydrogen-bond donors (Lipinski definition) is 2. The molecule has 1 fully saturated rings. The molecule has 2 N–H and O–H groups in total. The lowest BCUT2D eigenvalue weighted by molar-refractivity contribution is -0.0970. The van der Waals surface area contributed by atoms with Gasteiger partial charge in [0, 0.05) is 11.6 Å². The van der Waals surface area contributed by atoms with Crippen molar-refractivity contribution in [2.45, 2.75) is 96.7 Å². The van der Waals surface area contributed by atoms with Crippen LogP contribution in [0, 0.1) is 0 Å². The predicted octanol–water partition coefficient (Wildman–Crippen LogP) is 5.99. The van der Waals surface area contributed by atoms with E-state index < -0.39 is 12.3 Å². The van der Waals surface area contributed by atoms with Crippen molar-refractivity contribution in [3.8, 4) is 5.75 Å². The maximum Gasteiger partial charge on any atom is 0.147 e. The number of aliphatic hydroxyl groups excluding tert-OH is 1. The minimum atomic E-state index is -0.862. The average Bonchev–Trinajstić information content (AvgIpc) is 3.46. The van der Waals surface area contributed by atoms with Gasteiger partial charge in [-0.3, -0.25) is 5.32 Å². The van der Waals surface area contributed by atoms with Gasteiger partial charge in [-0.2, -0.15) is 0 Å². The number of rotatable bonds is 10. The lowest BCUT2D eigenvalue weighted by Gasteiger charge is -2.32. The first-order valence-corrected chi connectivity index (χ1v) is 13.4. The summed E-state index contributed by atoms with van der Waals surface area (Å²) in [5.74, 6) is 0.726. The van der Waals surface area contributed by atoms with E-state index in [4.69, 9.17) is 14.2 Å². The van der Waals surface area contributed by atoms with Crippen LogP contribution in [0.3, 0.4) is 0 Å². The van der Waals surface area contributed by atoms with Crippen molar-refractivity contribution in [3.05, 3.63) is 59.1 Å². The fourth-order valence-corrected chi connectivity index (χ4v) is 5.41. The molecule has 190 valence electrons. The van der Waals surface area contributed by atoms with Gasteiger partial charge < -0.3 is 19.3 Å². The summed E-state index contributed by atoms with van der Waals surface area (Å²) in [6.07, 6.45) is 1.66. The molecule has 0 radical (unpaired) electrons. The molecule has 3 aromatic rings. The highest BCUT2D eigenvalue weighted by Gasteiger charge is 2.34. The van der Waals surface area contributed by atoms with Crippen molar-refractivity contribution >= 4 is 21.6 Å². The molecule has 0 spiro atoms. The Kier molecular flexibility index (Phi) is 8.45. The molecule has 6 nitrogen and oxygen atoms in total. The largest absolute Gasteiger partial charge is 0.486 e. The standard InChI is InChI=1S/C28H38N2O4S/c1-18(2)33-27(30-21-12-9-13-22(21)32-16-19-10-7-6-8-11-19)25(31)20-14-15-23(34-28(3,4)5)24-26(20)35-17-29-24/h6-8,10-11,14-15,17-18,21-22,25,27,30-31H,9,12-13,16H2,1-5H3/t21-,22-,25+,27?/m0/s1. The molecular weight excluding hydrogens is 460 g/mol. The van der Waals surface area contributed by atoms with Crippen molar-refractivity contribution in [3.63, 3.8) is 0 Å². The van der Waals surface area contributed by atoms with Gasteiger partial charge in [0.1, 0.15) is 29.2 Å². The summed E-state index contributed by atoms with van der Waals surface area (Å²) < 4.78 is 19.5. The van der Waals surface area contributed by atoms with E-state index in [1.165, 1.54) is 16.9 Å². The van der Waals surface area contributed by atoms with Crippen molar-refractivity contribution in [1.82, 2.24) is 10.3 Å². The number of thiazole rings is 1. The van der Waals surface area contributed by atoms with Gasteiger partial charge in [-0.1, -0.05) is 36.4 Å². The third kappa shape index (κ3) is 6.80. The highest BCUT2D eigenvalue weighted by Crippen LogP contribution is 2.37. The number of hydrogen-bond acceptors (Lipinski definition) is 7. The van der Waals surface area contributed by atoms with Gasteiger partial charge in [-0.25, -0.2) is 4.98 Å². The zero-order valence-electron chi connectivity index (χ0n) is 21.4. The molecule has 2 aromatic carbocycles. The Morgan fingerprint density at radius 1 is 1.11 bits per heavy atom. The first-order chi connectivity index (χ1) is 16.7. The zero-order chi connectivity index (χ0) is 25.0. The van der Waals surface area contributed by atoms with Gasteiger partial charge in [-0.15, -0.1) is 11.3 Å². The fraction of sp³-hybridized carbons (Fsp3) is 0.536. The second kappa shape index (κ2) is 11.4. The van der Waals surface area contributed by atoms with Crippen LogP contribution in [0.25, 0.3) is 10.2 Å². The minimum Gasteiger partial charge on any atom is -0.486 e. The molecule has 1 aromatic heterocycles. The Morgan fingerprint density at radius 2 is 1.89 bits per heavy atom. The molecule has 1 heterocycles. The molecule has 1 aliphatic rings. The third-order valence-corrected chi connectivity index (χ3v) is 6.93. The molecule has 0 bridgehead atoms. The van der Waals surface area contributed by atoms with Gasteiger partial charge in [0.25, 0.3) is 0 Å². The van der Waals surface area contributed by atoms with Crippen molar-refractivity contribution < 1.29 is 19.3 Å². The second-order valence-corrected chi connectivity index (χ2v) is 11.3. The Labute approximate surface area is 212 Å². The molecule has 0 saturated heterocycles.